The van der Waals surface area contributed by atoms with Gasteiger partial charge in [0.1, 0.15) is 0 Å². The lowest BCUT2D eigenvalue weighted by Crippen LogP contribution is -2.46. The fourth-order valence-electron chi connectivity index (χ4n) is 2.71. The number of nitrogens with one attached hydrogen (secondary N) is 1. The molecule has 0 radical (unpaired) electrons. The largest absolute Gasteiger partial charge is 0.310 e. The average molecular weight is 246 g/mol. The Morgan fingerprint density at radius 1 is 1.28 bits per heavy atom. The third kappa shape index (κ3) is 3.82. The highest BCUT2D eigenvalue weighted by Crippen LogP contribution is 2.16. The Kier molecular flexibility index (Phi) is 4.08. The van der Waals surface area contributed by atoms with Crippen LogP contribution in [0.3, 0.4) is 0 Å². The number of benzene rings is 1. The van der Waals surface area contributed by atoms with Crippen LogP contribution in [0.4, 0.5) is 0 Å². The highest BCUT2D eigenvalue weighted by Gasteiger charge is 2.26. The molecule has 0 aliphatic carbocycles. The molecule has 1 aromatic carbocycles. The summed E-state index contributed by atoms with van der Waals surface area (Å²) in [6, 6.07) is 8.93. The zero-order chi connectivity index (χ0) is 13.2. The molecule has 1 aliphatic heterocycles. The minimum absolute atomic E-state index is 0.218. The summed E-state index contributed by atoms with van der Waals surface area (Å²) in [6.07, 6.45) is 0. The van der Waals surface area contributed by atoms with Gasteiger partial charge >= 0.3 is 0 Å². The van der Waals surface area contributed by atoms with Crippen molar-refractivity contribution in [2.24, 2.45) is 5.92 Å². The first-order valence-corrected chi connectivity index (χ1v) is 6.97. The summed E-state index contributed by atoms with van der Waals surface area (Å²) in [5.41, 5.74) is 2.98. The predicted molar refractivity (Wildman–Crippen MR) is 77.7 cm³/mol. The van der Waals surface area contributed by atoms with E-state index in [0.717, 1.165) is 25.6 Å². The molecular formula is C16H26N2. The van der Waals surface area contributed by atoms with Crippen molar-refractivity contribution in [1.29, 1.82) is 0 Å². The fraction of sp³-hybridized carbons (Fsp3) is 0.625. The Morgan fingerprint density at radius 3 is 2.61 bits per heavy atom. The van der Waals surface area contributed by atoms with E-state index in [1.165, 1.54) is 17.7 Å². The minimum Gasteiger partial charge on any atom is -0.310 e. The SMILES string of the molecule is Cc1ccc(CN2CC(C)CNC(C)(C)C2)cc1. The van der Waals surface area contributed by atoms with Crippen molar-refractivity contribution >= 4 is 0 Å². The first kappa shape index (κ1) is 13.6. The molecule has 0 saturated carbocycles. The molecule has 0 amide bonds. The Labute approximate surface area is 111 Å². The van der Waals surface area contributed by atoms with Gasteiger partial charge in [-0.25, -0.2) is 0 Å². The van der Waals surface area contributed by atoms with E-state index >= 15 is 0 Å². The maximum atomic E-state index is 3.65. The first-order chi connectivity index (χ1) is 8.44. The number of nitrogens with zero attached hydrogens (tertiary/aromatic N) is 1. The van der Waals surface area contributed by atoms with Crippen molar-refractivity contribution in [3.05, 3.63) is 35.4 Å². The number of aryl methyl sites for hydroxylation is 1. The second kappa shape index (κ2) is 5.41. The molecule has 1 N–H and O–H groups in total. The van der Waals surface area contributed by atoms with Gasteiger partial charge in [-0.3, -0.25) is 4.90 Å². The molecule has 1 unspecified atom stereocenters. The van der Waals surface area contributed by atoms with Crippen LogP contribution in [0.15, 0.2) is 24.3 Å². The van der Waals surface area contributed by atoms with Crippen LogP contribution in [0.25, 0.3) is 0 Å². The van der Waals surface area contributed by atoms with E-state index in [9.17, 15) is 0 Å². The molecule has 0 aromatic heterocycles. The highest BCUT2D eigenvalue weighted by molar-refractivity contribution is 5.21. The van der Waals surface area contributed by atoms with Gasteiger partial charge in [-0.2, -0.15) is 0 Å². The summed E-state index contributed by atoms with van der Waals surface area (Å²) in [5, 5.41) is 3.65. The Balaban J connectivity index is 2.04. The lowest BCUT2D eigenvalue weighted by atomic mass is 10.1. The Morgan fingerprint density at radius 2 is 1.94 bits per heavy atom. The smallest absolute Gasteiger partial charge is 0.0252 e. The first-order valence-electron chi connectivity index (χ1n) is 6.97. The summed E-state index contributed by atoms with van der Waals surface area (Å²) < 4.78 is 0. The van der Waals surface area contributed by atoms with Crippen molar-refractivity contribution in [3.8, 4) is 0 Å². The summed E-state index contributed by atoms with van der Waals surface area (Å²) in [6.45, 7) is 13.6. The van der Waals surface area contributed by atoms with Crippen LogP contribution in [0, 0.1) is 12.8 Å². The van der Waals surface area contributed by atoms with Crippen LogP contribution >= 0.6 is 0 Å². The third-order valence-corrected chi connectivity index (χ3v) is 3.64. The standard InChI is InChI=1S/C16H26N2/c1-13-5-7-15(8-6-13)11-18-10-14(2)9-17-16(3,4)12-18/h5-8,14,17H,9-12H2,1-4H3. The lowest BCUT2D eigenvalue weighted by molar-refractivity contribution is 0.213. The van der Waals surface area contributed by atoms with Crippen LogP contribution in [0.1, 0.15) is 31.9 Å². The van der Waals surface area contributed by atoms with Crippen molar-refractivity contribution in [2.45, 2.75) is 39.8 Å². The molecule has 0 spiro atoms. The fourth-order valence-corrected chi connectivity index (χ4v) is 2.71. The molecule has 1 aliphatic rings. The van der Waals surface area contributed by atoms with Crippen molar-refractivity contribution < 1.29 is 0 Å². The van der Waals surface area contributed by atoms with Gasteiger partial charge in [-0.05, 0) is 38.8 Å². The lowest BCUT2D eigenvalue weighted by Gasteiger charge is -2.30. The number of hydrogen-bond acceptors (Lipinski definition) is 2. The van der Waals surface area contributed by atoms with Gasteiger partial charge in [-0.15, -0.1) is 0 Å². The van der Waals surface area contributed by atoms with E-state index in [1.54, 1.807) is 0 Å². The van der Waals surface area contributed by atoms with Crippen LogP contribution < -0.4 is 5.32 Å². The normalized spacial score (nSPS) is 24.8. The van der Waals surface area contributed by atoms with E-state index < -0.39 is 0 Å². The second-order valence-corrected chi connectivity index (χ2v) is 6.53. The van der Waals surface area contributed by atoms with Crippen molar-refractivity contribution in [2.75, 3.05) is 19.6 Å². The Bertz CT molecular complexity index is 381. The van der Waals surface area contributed by atoms with Gasteiger partial charge in [0, 0.05) is 25.2 Å². The molecule has 18 heavy (non-hydrogen) atoms. The van der Waals surface area contributed by atoms with Crippen molar-refractivity contribution in [3.63, 3.8) is 0 Å². The number of hydrogen-bond donors (Lipinski definition) is 1. The summed E-state index contributed by atoms with van der Waals surface area (Å²) in [7, 11) is 0. The van der Waals surface area contributed by atoms with Crippen LogP contribution in [-0.2, 0) is 6.54 Å². The van der Waals surface area contributed by atoms with Crippen LogP contribution in [0.2, 0.25) is 0 Å². The van der Waals surface area contributed by atoms with Gasteiger partial charge in [-0.1, -0.05) is 36.8 Å². The van der Waals surface area contributed by atoms with Gasteiger partial charge in [0.05, 0.1) is 0 Å². The quantitative estimate of drug-likeness (QED) is 0.863. The van der Waals surface area contributed by atoms with E-state index in [1.807, 2.05) is 0 Å². The van der Waals surface area contributed by atoms with Crippen LogP contribution in [0.5, 0.6) is 0 Å². The van der Waals surface area contributed by atoms with Gasteiger partial charge in [0.15, 0.2) is 0 Å². The molecule has 2 nitrogen and oxygen atoms in total. The van der Waals surface area contributed by atoms with Gasteiger partial charge in [0.2, 0.25) is 0 Å². The van der Waals surface area contributed by atoms with Crippen molar-refractivity contribution in [1.82, 2.24) is 10.2 Å². The summed E-state index contributed by atoms with van der Waals surface area (Å²) in [5.74, 6) is 0.720. The van der Waals surface area contributed by atoms with E-state index in [2.05, 4.69) is 62.2 Å². The highest BCUT2D eigenvalue weighted by atomic mass is 15.2. The molecular weight excluding hydrogens is 220 g/mol. The van der Waals surface area contributed by atoms with Gasteiger partial charge < -0.3 is 5.32 Å². The minimum atomic E-state index is 0.218. The summed E-state index contributed by atoms with van der Waals surface area (Å²) >= 11 is 0. The topological polar surface area (TPSA) is 15.3 Å². The molecule has 100 valence electrons. The average Bonchev–Trinajstić information content (AvgIpc) is 2.41. The summed E-state index contributed by atoms with van der Waals surface area (Å²) in [4.78, 5) is 2.58. The van der Waals surface area contributed by atoms with Crippen LogP contribution in [-0.4, -0.2) is 30.1 Å². The molecule has 1 atom stereocenters. The maximum absolute atomic E-state index is 3.65. The van der Waals surface area contributed by atoms with Gasteiger partial charge in [0.25, 0.3) is 0 Å². The molecule has 1 heterocycles. The third-order valence-electron chi connectivity index (χ3n) is 3.64. The zero-order valence-corrected chi connectivity index (χ0v) is 12.2. The zero-order valence-electron chi connectivity index (χ0n) is 12.2. The molecule has 1 saturated heterocycles. The number of rotatable bonds is 2. The molecule has 2 rings (SSSR count). The van der Waals surface area contributed by atoms with E-state index in [4.69, 9.17) is 0 Å². The molecule has 2 heteroatoms. The Hall–Kier alpha value is -0.860. The van der Waals surface area contributed by atoms with E-state index in [-0.39, 0.29) is 5.54 Å². The predicted octanol–water partition coefficient (Wildman–Crippen LogP) is 2.81. The molecule has 0 bridgehead atoms. The van der Waals surface area contributed by atoms with E-state index in [0.29, 0.717) is 0 Å². The maximum Gasteiger partial charge on any atom is 0.0252 e. The monoisotopic (exact) mass is 246 g/mol. The molecule has 1 aromatic rings. The molecule has 1 fully saturated rings. The second-order valence-electron chi connectivity index (χ2n) is 6.53.